The summed E-state index contributed by atoms with van der Waals surface area (Å²) in [4.78, 5) is 29.1. The molecule has 41 heavy (non-hydrogen) atoms. The van der Waals surface area contributed by atoms with Gasteiger partial charge in [0.05, 0.1) is 19.1 Å². The van der Waals surface area contributed by atoms with Crippen LogP contribution in [0.25, 0.3) is 0 Å². The van der Waals surface area contributed by atoms with E-state index in [0.717, 1.165) is 16.1 Å². The van der Waals surface area contributed by atoms with Gasteiger partial charge in [0, 0.05) is 29.6 Å². The number of rotatable bonds is 13. The lowest BCUT2D eigenvalue weighted by molar-refractivity contribution is -0.140. The normalized spacial score (nSPS) is 12.1. The number of carbonyl (C=O) groups excluding carboxylic acids is 2. The van der Waals surface area contributed by atoms with Crippen LogP contribution in [0, 0.1) is 5.92 Å². The molecule has 0 spiro atoms. The van der Waals surface area contributed by atoms with Crippen molar-refractivity contribution in [3.05, 3.63) is 94.0 Å². The fraction of sp³-hybridized carbons (Fsp3) is 0.333. The summed E-state index contributed by atoms with van der Waals surface area (Å²) in [5.74, 6) is -0.200. The molecule has 3 aromatic rings. The fourth-order valence-corrected chi connectivity index (χ4v) is 5.49. The van der Waals surface area contributed by atoms with Crippen LogP contribution in [0.3, 0.4) is 0 Å². The average molecular weight is 621 g/mol. The number of amides is 2. The van der Waals surface area contributed by atoms with E-state index < -0.39 is 28.5 Å². The predicted octanol–water partition coefficient (Wildman–Crippen LogP) is 5.18. The van der Waals surface area contributed by atoms with Crippen molar-refractivity contribution in [2.75, 3.05) is 30.8 Å². The third-order valence-electron chi connectivity index (χ3n) is 6.35. The lowest BCUT2D eigenvalue weighted by Gasteiger charge is -2.34. The Morgan fingerprint density at radius 2 is 1.63 bits per heavy atom. The maximum absolute atomic E-state index is 14.1. The SMILES string of the molecule is COc1ccc(N(CC(=O)N(Cc2ccc(Cl)cc2Cl)[C@H](Cc2ccccc2)C(=O)NCC(C)C)S(C)(=O)=O)cc1. The summed E-state index contributed by atoms with van der Waals surface area (Å²) in [7, 11) is -2.37. The van der Waals surface area contributed by atoms with Crippen molar-refractivity contribution in [1.29, 1.82) is 0 Å². The van der Waals surface area contributed by atoms with E-state index >= 15 is 0 Å². The Morgan fingerprint density at radius 1 is 0.976 bits per heavy atom. The van der Waals surface area contributed by atoms with E-state index in [1.165, 1.54) is 12.0 Å². The molecule has 220 valence electrons. The maximum Gasteiger partial charge on any atom is 0.244 e. The highest BCUT2D eigenvalue weighted by atomic mass is 35.5. The third kappa shape index (κ3) is 9.38. The zero-order chi connectivity index (χ0) is 30.2. The van der Waals surface area contributed by atoms with Crippen LogP contribution in [0.2, 0.25) is 10.0 Å². The number of anilines is 1. The standard InChI is InChI=1S/C30H35Cl2N3O5S/c1-21(2)18-33-30(37)28(16-22-8-6-5-7-9-22)34(19-23-10-11-24(31)17-27(23)32)29(36)20-35(41(4,38)39)25-12-14-26(40-3)15-13-25/h5-15,17,21,28H,16,18-20H2,1-4H3,(H,33,37)/t28-/m1/s1. The molecule has 2 amide bonds. The highest BCUT2D eigenvalue weighted by molar-refractivity contribution is 7.92. The van der Waals surface area contributed by atoms with Gasteiger partial charge in [-0.2, -0.15) is 0 Å². The molecule has 0 unspecified atom stereocenters. The van der Waals surface area contributed by atoms with Gasteiger partial charge in [-0.15, -0.1) is 0 Å². The molecule has 3 aromatic carbocycles. The van der Waals surface area contributed by atoms with Gasteiger partial charge in [-0.1, -0.05) is 73.4 Å². The lowest BCUT2D eigenvalue weighted by atomic mass is 10.0. The zero-order valence-corrected chi connectivity index (χ0v) is 25.8. The topological polar surface area (TPSA) is 96.0 Å². The number of nitrogens with one attached hydrogen (secondary N) is 1. The minimum Gasteiger partial charge on any atom is -0.497 e. The summed E-state index contributed by atoms with van der Waals surface area (Å²) >= 11 is 12.6. The van der Waals surface area contributed by atoms with E-state index in [9.17, 15) is 18.0 Å². The van der Waals surface area contributed by atoms with Crippen molar-refractivity contribution < 1.29 is 22.7 Å². The largest absolute Gasteiger partial charge is 0.497 e. The van der Waals surface area contributed by atoms with Crippen LogP contribution in [0.1, 0.15) is 25.0 Å². The van der Waals surface area contributed by atoms with Crippen molar-refractivity contribution in [3.63, 3.8) is 0 Å². The summed E-state index contributed by atoms with van der Waals surface area (Å²) in [5, 5.41) is 3.69. The molecule has 0 aliphatic rings. The molecule has 1 N–H and O–H groups in total. The Morgan fingerprint density at radius 3 is 2.20 bits per heavy atom. The molecule has 11 heteroatoms. The minimum atomic E-state index is -3.88. The average Bonchev–Trinajstić information content (AvgIpc) is 2.93. The molecular formula is C30H35Cl2N3O5S. The molecule has 8 nitrogen and oxygen atoms in total. The number of carbonyl (C=O) groups is 2. The summed E-state index contributed by atoms with van der Waals surface area (Å²) in [6.45, 7) is 3.79. The van der Waals surface area contributed by atoms with Crippen molar-refractivity contribution >= 4 is 50.7 Å². The molecule has 0 aliphatic carbocycles. The number of nitrogens with zero attached hydrogens (tertiary/aromatic N) is 2. The van der Waals surface area contributed by atoms with Gasteiger partial charge in [0.1, 0.15) is 18.3 Å². The Labute approximate surface area is 252 Å². The van der Waals surface area contributed by atoms with E-state index in [1.807, 2.05) is 44.2 Å². The van der Waals surface area contributed by atoms with Crippen molar-refractivity contribution in [2.24, 2.45) is 5.92 Å². The van der Waals surface area contributed by atoms with Gasteiger partial charge in [0.2, 0.25) is 21.8 Å². The number of sulfonamides is 1. The monoisotopic (exact) mass is 619 g/mol. The van der Waals surface area contributed by atoms with Gasteiger partial charge in [-0.3, -0.25) is 13.9 Å². The Balaban J connectivity index is 2.06. The van der Waals surface area contributed by atoms with E-state index in [1.54, 1.807) is 42.5 Å². The van der Waals surface area contributed by atoms with E-state index in [2.05, 4.69) is 5.32 Å². The predicted molar refractivity (Wildman–Crippen MR) is 164 cm³/mol. The van der Waals surface area contributed by atoms with Crippen LogP contribution in [0.5, 0.6) is 5.75 Å². The number of ether oxygens (including phenoxy) is 1. The van der Waals surface area contributed by atoms with Gasteiger partial charge >= 0.3 is 0 Å². The second kappa shape index (κ2) is 14.6. The number of hydrogen-bond acceptors (Lipinski definition) is 5. The first-order valence-corrected chi connectivity index (χ1v) is 15.7. The summed E-state index contributed by atoms with van der Waals surface area (Å²) in [5.41, 5.74) is 1.69. The quantitative estimate of drug-likeness (QED) is 0.284. The first-order valence-electron chi connectivity index (χ1n) is 13.1. The second-order valence-electron chi connectivity index (χ2n) is 10.1. The van der Waals surface area contributed by atoms with Gasteiger partial charge in [0.15, 0.2) is 0 Å². The highest BCUT2D eigenvalue weighted by Crippen LogP contribution is 2.26. The second-order valence-corrected chi connectivity index (χ2v) is 12.8. The highest BCUT2D eigenvalue weighted by Gasteiger charge is 2.33. The third-order valence-corrected chi connectivity index (χ3v) is 8.08. The van der Waals surface area contributed by atoms with Gasteiger partial charge in [-0.05, 0) is 53.4 Å². The molecule has 3 rings (SSSR count). The lowest BCUT2D eigenvalue weighted by Crippen LogP contribution is -2.53. The van der Waals surface area contributed by atoms with Crippen LogP contribution in [-0.2, 0) is 32.6 Å². The smallest absolute Gasteiger partial charge is 0.244 e. The minimum absolute atomic E-state index is 0.0400. The molecule has 0 aliphatic heterocycles. The number of hydrogen-bond donors (Lipinski definition) is 1. The molecule has 0 bridgehead atoms. The molecule has 0 saturated carbocycles. The number of methoxy groups -OCH3 is 1. The molecular weight excluding hydrogens is 585 g/mol. The van der Waals surface area contributed by atoms with E-state index in [0.29, 0.717) is 27.9 Å². The summed E-state index contributed by atoms with van der Waals surface area (Å²) in [6.07, 6.45) is 1.24. The van der Waals surface area contributed by atoms with Crippen LogP contribution < -0.4 is 14.4 Å². The van der Waals surface area contributed by atoms with Crippen LogP contribution in [-0.4, -0.2) is 57.6 Å². The van der Waals surface area contributed by atoms with Crippen molar-refractivity contribution in [1.82, 2.24) is 10.2 Å². The summed E-state index contributed by atoms with van der Waals surface area (Å²) in [6, 6.07) is 19.6. The Hall–Kier alpha value is -3.27. The molecule has 0 aromatic heterocycles. The molecule has 1 atom stereocenters. The van der Waals surface area contributed by atoms with Gasteiger partial charge in [0.25, 0.3) is 0 Å². The van der Waals surface area contributed by atoms with Crippen molar-refractivity contribution in [2.45, 2.75) is 32.9 Å². The fourth-order valence-electron chi connectivity index (χ4n) is 4.17. The maximum atomic E-state index is 14.1. The van der Waals surface area contributed by atoms with Crippen LogP contribution >= 0.6 is 23.2 Å². The number of benzene rings is 3. The Bertz CT molecular complexity index is 1430. The first kappa shape index (κ1) is 32.2. The molecule has 0 fully saturated rings. The molecule has 0 saturated heterocycles. The first-order chi connectivity index (χ1) is 19.4. The summed E-state index contributed by atoms with van der Waals surface area (Å²) < 4.78 is 31.9. The molecule has 0 heterocycles. The number of halogens is 2. The zero-order valence-electron chi connectivity index (χ0n) is 23.5. The van der Waals surface area contributed by atoms with Crippen LogP contribution in [0.4, 0.5) is 5.69 Å². The van der Waals surface area contributed by atoms with Crippen molar-refractivity contribution in [3.8, 4) is 5.75 Å². The van der Waals surface area contributed by atoms with E-state index in [-0.39, 0.29) is 30.5 Å². The van der Waals surface area contributed by atoms with E-state index in [4.69, 9.17) is 27.9 Å². The molecule has 0 radical (unpaired) electrons. The van der Waals surface area contributed by atoms with Crippen LogP contribution in [0.15, 0.2) is 72.8 Å². The Kier molecular flexibility index (Phi) is 11.5. The van der Waals surface area contributed by atoms with Gasteiger partial charge in [-0.25, -0.2) is 8.42 Å². The van der Waals surface area contributed by atoms with Gasteiger partial charge < -0.3 is 15.0 Å².